The molecule has 3 unspecified atom stereocenters. The number of alkyl halides is 6. The van der Waals surface area contributed by atoms with E-state index in [9.17, 15) is 0 Å². The first kappa shape index (κ1) is 60.0. The lowest BCUT2D eigenvalue weighted by Crippen LogP contribution is -2.54. The van der Waals surface area contributed by atoms with E-state index in [-0.39, 0.29) is 44.3 Å². The van der Waals surface area contributed by atoms with Crippen LogP contribution >= 0.6 is 0 Å². The minimum atomic E-state index is -5.87. The van der Waals surface area contributed by atoms with Gasteiger partial charge in [-0.1, -0.05) is 260 Å². The summed E-state index contributed by atoms with van der Waals surface area (Å²) in [6, 6.07) is 58.2. The van der Waals surface area contributed by atoms with Crippen molar-refractivity contribution in [1.82, 2.24) is 0 Å². The predicted molar refractivity (Wildman–Crippen MR) is 347 cm³/mol. The Bertz CT molecular complexity index is 3890. The zero-order valence-electron chi connectivity index (χ0n) is 51.8. The SMILES string of the molecule is CC1C(c2cc(-c3ccc(C(C)(C)C)cc3)cc(-c3ccc(C(C)(C)C)cc3)c2)=CC2=C(c3c(-c4ccccc4)cc(-c4cc(-c5ccc(C(C)(C)C)cc5)cc(C5C=CC(C(C)(C)C)=CC5)c4)cc3C2(C(F)(F)F)C(F)(F)F)C1c1ccccc1. The smallest absolute Gasteiger partial charge is 0.169 e. The van der Waals surface area contributed by atoms with Crippen LogP contribution in [0.15, 0.2) is 217 Å². The predicted octanol–water partition coefficient (Wildman–Crippen LogP) is 23.6. The lowest BCUT2D eigenvalue weighted by Gasteiger charge is -2.40. The van der Waals surface area contributed by atoms with Crippen LogP contribution in [0.2, 0.25) is 0 Å². The van der Waals surface area contributed by atoms with E-state index in [1.165, 1.54) is 17.7 Å². The van der Waals surface area contributed by atoms with Gasteiger partial charge in [0.15, 0.2) is 0 Å². The van der Waals surface area contributed by atoms with Gasteiger partial charge in [-0.2, -0.15) is 26.3 Å². The molecule has 0 aromatic heterocycles. The molecule has 440 valence electrons. The zero-order valence-corrected chi connectivity index (χ0v) is 51.8. The van der Waals surface area contributed by atoms with Gasteiger partial charge in [0, 0.05) is 11.8 Å². The molecule has 0 spiro atoms. The topological polar surface area (TPSA) is 0 Å². The fraction of sp³-hybridized carbons (Fsp3) is 0.300. The van der Waals surface area contributed by atoms with Crippen LogP contribution in [0, 0.1) is 11.3 Å². The van der Waals surface area contributed by atoms with E-state index in [1.54, 1.807) is 24.3 Å². The number of rotatable bonds is 8. The van der Waals surface area contributed by atoms with Gasteiger partial charge in [-0.15, -0.1) is 0 Å². The molecule has 11 rings (SSSR count). The van der Waals surface area contributed by atoms with Crippen molar-refractivity contribution in [2.24, 2.45) is 11.3 Å². The highest BCUT2D eigenvalue weighted by Gasteiger charge is 2.77. The first-order valence-electron chi connectivity index (χ1n) is 30.2. The second-order valence-electron chi connectivity index (χ2n) is 28.4. The van der Waals surface area contributed by atoms with Crippen molar-refractivity contribution in [3.8, 4) is 55.6 Å². The first-order valence-corrected chi connectivity index (χ1v) is 30.2. The first-order chi connectivity index (χ1) is 40.3. The van der Waals surface area contributed by atoms with Crippen LogP contribution in [0.3, 0.4) is 0 Å². The van der Waals surface area contributed by atoms with Crippen LogP contribution in [0.25, 0.3) is 66.8 Å². The van der Waals surface area contributed by atoms with Gasteiger partial charge >= 0.3 is 12.4 Å². The van der Waals surface area contributed by atoms with Crippen molar-refractivity contribution < 1.29 is 26.3 Å². The molecule has 0 radical (unpaired) electrons. The molecule has 0 heterocycles. The van der Waals surface area contributed by atoms with Crippen molar-refractivity contribution in [2.75, 3.05) is 0 Å². The van der Waals surface area contributed by atoms with E-state index in [1.807, 2.05) is 73.7 Å². The summed E-state index contributed by atoms with van der Waals surface area (Å²) in [7, 11) is 0. The molecule has 0 nitrogen and oxygen atoms in total. The van der Waals surface area contributed by atoms with Crippen LogP contribution < -0.4 is 0 Å². The van der Waals surface area contributed by atoms with E-state index in [4.69, 9.17) is 0 Å². The number of fused-ring (bicyclic) bond motifs is 2. The molecule has 3 aliphatic rings. The van der Waals surface area contributed by atoms with Crippen LogP contribution in [0.1, 0.15) is 153 Å². The van der Waals surface area contributed by atoms with Crippen LogP contribution in [0.5, 0.6) is 0 Å². The lowest BCUT2D eigenvalue weighted by molar-refractivity contribution is -0.288. The summed E-state index contributed by atoms with van der Waals surface area (Å²) in [5, 5.41) is 0. The van der Waals surface area contributed by atoms with Gasteiger partial charge in [-0.3, -0.25) is 0 Å². The monoisotopic (exact) mass is 1150 g/mol. The van der Waals surface area contributed by atoms with Crippen molar-refractivity contribution in [1.29, 1.82) is 0 Å². The van der Waals surface area contributed by atoms with E-state index >= 15 is 26.3 Å². The second kappa shape index (κ2) is 21.6. The third kappa shape index (κ3) is 11.0. The molecule has 0 saturated carbocycles. The fourth-order valence-corrected chi connectivity index (χ4v) is 13.4. The van der Waals surface area contributed by atoms with E-state index in [0.717, 1.165) is 55.6 Å². The van der Waals surface area contributed by atoms with Gasteiger partial charge in [-0.05, 0) is 193 Å². The van der Waals surface area contributed by atoms with E-state index in [0.29, 0.717) is 39.8 Å². The molecule has 0 fully saturated rings. The van der Waals surface area contributed by atoms with E-state index in [2.05, 4.69) is 186 Å². The van der Waals surface area contributed by atoms with Gasteiger partial charge in [0.1, 0.15) is 0 Å². The number of hydrogen-bond donors (Lipinski definition) is 0. The molecule has 8 aromatic carbocycles. The molecule has 3 atom stereocenters. The molecule has 6 heteroatoms. The van der Waals surface area contributed by atoms with Gasteiger partial charge in [0.05, 0.1) is 0 Å². The Labute approximate surface area is 506 Å². The van der Waals surface area contributed by atoms with E-state index < -0.39 is 40.7 Å². The average molecular weight is 1150 g/mol. The Morgan fingerprint density at radius 2 is 0.826 bits per heavy atom. The molecule has 8 aromatic rings. The highest BCUT2D eigenvalue weighted by Crippen LogP contribution is 2.69. The largest absolute Gasteiger partial charge is 0.411 e. The molecule has 0 N–H and O–H groups in total. The van der Waals surface area contributed by atoms with Crippen molar-refractivity contribution >= 4 is 11.1 Å². The summed E-state index contributed by atoms with van der Waals surface area (Å²) in [4.78, 5) is 0. The van der Waals surface area contributed by atoms with Crippen LogP contribution in [0.4, 0.5) is 26.3 Å². The summed E-state index contributed by atoms with van der Waals surface area (Å²) in [6.07, 6.45) is -3.19. The fourth-order valence-electron chi connectivity index (χ4n) is 13.4. The van der Waals surface area contributed by atoms with Crippen molar-refractivity contribution in [3.05, 3.63) is 262 Å². The Hall–Kier alpha value is -7.70. The second-order valence-corrected chi connectivity index (χ2v) is 28.4. The highest BCUT2D eigenvalue weighted by atomic mass is 19.4. The Morgan fingerprint density at radius 1 is 0.407 bits per heavy atom. The quantitative estimate of drug-likeness (QED) is 0.133. The summed E-state index contributed by atoms with van der Waals surface area (Å²) < 4.78 is 105. The van der Waals surface area contributed by atoms with Crippen molar-refractivity contribution in [2.45, 2.75) is 142 Å². The number of hydrogen-bond acceptors (Lipinski definition) is 0. The average Bonchev–Trinajstić information content (AvgIpc) is 1.51. The van der Waals surface area contributed by atoms with Gasteiger partial charge in [0.25, 0.3) is 0 Å². The third-order valence-electron chi connectivity index (χ3n) is 18.4. The number of benzene rings is 8. The standard InChI is InChI=1S/C80H78F6/c1-49-67(62-44-58(52-28-36-65(37-29-52)76(8,9)10)41-59(45-62)53-30-38-66(39-31-53)77(11,12)13)48-70-73(71(49)55-22-18-15-19-23-55)72-68(54-20-16-14-17-21-54)46-61(47-69(72)78(70,79(81,82)83)80(84,85)86)60-42-56(50-24-32-63(33-25-50)74(2,3)4)40-57(43-60)51-26-34-64(35-27-51)75(5,6)7/h14-26,28-49,51,71H,27H2,1-13H3. The molecular formula is C80H78F6. The minimum absolute atomic E-state index is 0.0304. The van der Waals surface area contributed by atoms with Gasteiger partial charge in [0.2, 0.25) is 5.41 Å². The minimum Gasteiger partial charge on any atom is -0.169 e. The molecule has 0 bridgehead atoms. The summed E-state index contributed by atoms with van der Waals surface area (Å²) in [6.45, 7) is 27.8. The summed E-state index contributed by atoms with van der Waals surface area (Å²) in [5.74, 6) is -1.65. The lowest BCUT2D eigenvalue weighted by atomic mass is 9.66. The normalized spacial score (nSPS) is 18.2. The Balaban J connectivity index is 1.20. The van der Waals surface area contributed by atoms with Crippen molar-refractivity contribution in [3.63, 3.8) is 0 Å². The van der Waals surface area contributed by atoms with Crippen LogP contribution in [-0.2, 0) is 21.7 Å². The number of halogens is 6. The maximum atomic E-state index is 17.4. The zero-order chi connectivity index (χ0) is 61.7. The highest BCUT2D eigenvalue weighted by molar-refractivity contribution is 6.01. The molecule has 0 amide bonds. The molecule has 3 aliphatic carbocycles. The molecule has 86 heavy (non-hydrogen) atoms. The Kier molecular flexibility index (Phi) is 15.1. The third-order valence-corrected chi connectivity index (χ3v) is 18.4. The van der Waals surface area contributed by atoms with Gasteiger partial charge in [-0.25, -0.2) is 0 Å². The summed E-state index contributed by atoms with van der Waals surface area (Å²) >= 11 is 0. The van der Waals surface area contributed by atoms with Gasteiger partial charge < -0.3 is 0 Å². The number of allylic oxidation sites excluding steroid dienone is 8. The Morgan fingerprint density at radius 3 is 1.24 bits per heavy atom. The van der Waals surface area contributed by atoms with Crippen LogP contribution in [-0.4, -0.2) is 12.4 Å². The molecule has 0 aliphatic heterocycles. The maximum absolute atomic E-state index is 17.4. The summed E-state index contributed by atoms with van der Waals surface area (Å²) in [5.41, 5.74) is 7.25. The molecule has 0 saturated heterocycles. The maximum Gasteiger partial charge on any atom is 0.411 e. The molecular weight excluding hydrogens is 1070 g/mol.